The molecule has 0 aliphatic carbocycles. The van der Waals surface area contributed by atoms with Crippen molar-refractivity contribution in [1.29, 1.82) is 0 Å². The SMILES string of the molecule is O=S(=O)([O-])[O-].O=S(=O)([O-])[O-].OCCO.[Na+]. The van der Waals surface area contributed by atoms with Crippen molar-refractivity contribution in [1.82, 2.24) is 0 Å². The predicted octanol–water partition coefficient (Wildman–Crippen LogP) is -6.70. The maximum atomic E-state index is 8.52. The average Bonchev–Trinajstić information content (AvgIpc) is 1.79. The van der Waals surface area contributed by atoms with Crippen LogP contribution in [0.4, 0.5) is 0 Å². The predicted molar refractivity (Wildman–Crippen MR) is 35.1 cm³/mol. The van der Waals surface area contributed by atoms with E-state index in [2.05, 4.69) is 0 Å². The van der Waals surface area contributed by atoms with Gasteiger partial charge < -0.3 is 28.4 Å². The first-order chi connectivity index (χ1) is 5.91. The summed E-state index contributed by atoms with van der Waals surface area (Å²) in [4.78, 5) is 0. The Bertz CT molecular complexity index is 241. The molecule has 15 heavy (non-hydrogen) atoms. The summed E-state index contributed by atoms with van der Waals surface area (Å²) in [7, 11) is -10.3. The van der Waals surface area contributed by atoms with Crippen LogP contribution < -0.4 is 29.6 Å². The van der Waals surface area contributed by atoms with Gasteiger partial charge in [0.15, 0.2) is 0 Å². The summed E-state index contributed by atoms with van der Waals surface area (Å²) < 4.78 is 68.2. The Morgan fingerprint density at radius 1 is 0.733 bits per heavy atom. The molecule has 0 atom stereocenters. The van der Waals surface area contributed by atoms with Crippen molar-refractivity contribution in [2.45, 2.75) is 0 Å². The van der Waals surface area contributed by atoms with Crippen LogP contribution in [0.25, 0.3) is 0 Å². The van der Waals surface area contributed by atoms with Crippen molar-refractivity contribution in [2.75, 3.05) is 13.2 Å². The minimum Gasteiger partial charge on any atom is -0.759 e. The van der Waals surface area contributed by atoms with Gasteiger partial charge in [0.25, 0.3) is 0 Å². The molecule has 13 heteroatoms. The minimum absolute atomic E-state index is 0. The second-order valence-corrected chi connectivity index (χ2v) is 2.90. The van der Waals surface area contributed by atoms with Crippen LogP contribution in [0.15, 0.2) is 0 Å². The molecule has 0 saturated heterocycles. The van der Waals surface area contributed by atoms with Gasteiger partial charge in [-0.05, 0) is 0 Å². The van der Waals surface area contributed by atoms with E-state index in [-0.39, 0.29) is 42.8 Å². The Labute approximate surface area is 108 Å². The molecule has 0 radical (unpaired) electrons. The smallest absolute Gasteiger partial charge is 0.759 e. The van der Waals surface area contributed by atoms with E-state index in [1.54, 1.807) is 0 Å². The van der Waals surface area contributed by atoms with Gasteiger partial charge in [0, 0.05) is 20.8 Å². The van der Waals surface area contributed by atoms with Crippen LogP contribution >= 0.6 is 0 Å². The Balaban J connectivity index is -0.0000000590. The summed E-state index contributed by atoms with van der Waals surface area (Å²) in [6.45, 7) is -0.250. The normalized spacial score (nSPS) is 9.73. The Kier molecular flexibility index (Phi) is 21.0. The third-order valence-corrected chi connectivity index (χ3v) is 0.1000. The van der Waals surface area contributed by atoms with Crippen molar-refractivity contribution in [3.63, 3.8) is 0 Å². The Morgan fingerprint density at radius 3 is 0.800 bits per heavy atom. The van der Waals surface area contributed by atoms with E-state index in [1.165, 1.54) is 0 Å². The number of rotatable bonds is 1. The van der Waals surface area contributed by atoms with Gasteiger partial charge in [0.05, 0.1) is 13.2 Å². The molecular formula is C2H6NaO10S2-3. The van der Waals surface area contributed by atoms with Crippen molar-refractivity contribution in [3.05, 3.63) is 0 Å². The summed E-state index contributed by atoms with van der Waals surface area (Å²) in [5, 5.41) is 15.2. The monoisotopic (exact) mass is 277 g/mol. The van der Waals surface area contributed by atoms with Crippen molar-refractivity contribution >= 4 is 20.8 Å². The quantitative estimate of drug-likeness (QED) is 0.263. The molecule has 2 N–H and O–H groups in total. The molecule has 90 valence electrons. The molecular weight excluding hydrogens is 271 g/mol. The molecule has 0 aromatic heterocycles. The van der Waals surface area contributed by atoms with Gasteiger partial charge in [-0.2, -0.15) is 0 Å². The number of aliphatic hydroxyl groups excluding tert-OH is 2. The van der Waals surface area contributed by atoms with Crippen molar-refractivity contribution in [2.24, 2.45) is 0 Å². The van der Waals surface area contributed by atoms with Gasteiger partial charge in [-0.25, -0.2) is 0 Å². The van der Waals surface area contributed by atoms with Gasteiger partial charge in [0.1, 0.15) is 0 Å². The van der Waals surface area contributed by atoms with Crippen LogP contribution in [-0.2, 0) is 20.8 Å². The van der Waals surface area contributed by atoms with Gasteiger partial charge in [-0.1, -0.05) is 0 Å². The zero-order valence-corrected chi connectivity index (χ0v) is 11.0. The summed E-state index contributed by atoms with van der Waals surface area (Å²) in [6.07, 6.45) is 0. The summed E-state index contributed by atoms with van der Waals surface area (Å²) in [5.74, 6) is 0. The Hall–Kier alpha value is 0.660. The molecule has 0 bridgehead atoms. The van der Waals surface area contributed by atoms with Crippen LogP contribution in [0, 0.1) is 0 Å². The molecule has 0 aliphatic rings. The fraction of sp³-hybridized carbons (Fsp3) is 1.00. The molecule has 0 spiro atoms. The minimum atomic E-state index is -5.17. The standard InChI is InChI=1S/C2H6O2.Na.2H2O4S/c3-1-2-4;;2*1-5(2,3)4/h3-4H,1-2H2;;2*(H2,1,2,3,4)/q;+1;;/p-4. The maximum Gasteiger partial charge on any atom is 1.00 e. The van der Waals surface area contributed by atoms with Crippen LogP contribution in [0.3, 0.4) is 0 Å². The van der Waals surface area contributed by atoms with Gasteiger partial charge in [-0.15, -0.1) is 0 Å². The molecule has 0 fully saturated rings. The fourth-order valence-electron chi connectivity index (χ4n) is 0. The number of aliphatic hydroxyl groups is 2. The molecule has 0 aromatic rings. The summed E-state index contributed by atoms with van der Waals surface area (Å²) in [6, 6.07) is 0. The largest absolute Gasteiger partial charge is 1.00 e. The van der Waals surface area contributed by atoms with E-state index < -0.39 is 20.8 Å². The second-order valence-electron chi connectivity index (χ2n) is 1.26. The maximum absolute atomic E-state index is 8.52. The molecule has 10 nitrogen and oxygen atoms in total. The van der Waals surface area contributed by atoms with E-state index in [1.807, 2.05) is 0 Å². The fourth-order valence-corrected chi connectivity index (χ4v) is 0. The number of hydrogen-bond donors (Lipinski definition) is 2. The third-order valence-electron chi connectivity index (χ3n) is 0.1000. The molecule has 0 unspecified atom stereocenters. The first kappa shape index (κ1) is 24.8. The van der Waals surface area contributed by atoms with Gasteiger partial charge in [0.2, 0.25) is 0 Å². The summed E-state index contributed by atoms with van der Waals surface area (Å²) in [5.41, 5.74) is 0. The first-order valence-corrected chi connectivity index (χ1v) is 5.13. The molecule has 0 rings (SSSR count). The average molecular weight is 277 g/mol. The molecule has 0 aliphatic heterocycles. The zero-order chi connectivity index (χ0) is 12.4. The van der Waals surface area contributed by atoms with E-state index in [4.69, 9.17) is 45.3 Å². The molecule has 0 aromatic carbocycles. The van der Waals surface area contributed by atoms with E-state index in [0.717, 1.165) is 0 Å². The van der Waals surface area contributed by atoms with Crippen LogP contribution in [0.5, 0.6) is 0 Å². The van der Waals surface area contributed by atoms with Crippen LogP contribution in [-0.4, -0.2) is 58.5 Å². The van der Waals surface area contributed by atoms with E-state index >= 15 is 0 Å². The van der Waals surface area contributed by atoms with Crippen LogP contribution in [0.2, 0.25) is 0 Å². The second kappa shape index (κ2) is 12.7. The number of hydrogen-bond acceptors (Lipinski definition) is 10. The first-order valence-electron chi connectivity index (χ1n) is 2.47. The Morgan fingerprint density at radius 2 is 0.800 bits per heavy atom. The van der Waals surface area contributed by atoms with Gasteiger partial charge >= 0.3 is 29.6 Å². The third kappa shape index (κ3) is 853. The molecule has 0 saturated carbocycles. The molecule has 0 heterocycles. The van der Waals surface area contributed by atoms with E-state index in [9.17, 15) is 0 Å². The van der Waals surface area contributed by atoms with Crippen molar-refractivity contribution < 1.29 is 74.8 Å². The molecule has 0 amide bonds. The zero-order valence-electron chi connectivity index (χ0n) is 7.39. The van der Waals surface area contributed by atoms with Crippen LogP contribution in [0.1, 0.15) is 0 Å². The summed E-state index contributed by atoms with van der Waals surface area (Å²) >= 11 is 0. The topological polar surface area (TPSA) is 201 Å². The van der Waals surface area contributed by atoms with E-state index in [0.29, 0.717) is 0 Å². The van der Waals surface area contributed by atoms with Gasteiger partial charge in [-0.3, -0.25) is 16.8 Å². The van der Waals surface area contributed by atoms with Crippen molar-refractivity contribution in [3.8, 4) is 0 Å².